The highest BCUT2D eigenvalue weighted by molar-refractivity contribution is 6.21. The molecule has 0 bridgehead atoms. The summed E-state index contributed by atoms with van der Waals surface area (Å²) in [6.45, 7) is 3.24. The number of imide groups is 1. The van der Waals surface area contributed by atoms with Crippen LogP contribution in [0, 0.1) is 5.92 Å². The third-order valence-electron chi connectivity index (χ3n) is 5.29. The third-order valence-corrected chi connectivity index (χ3v) is 5.29. The van der Waals surface area contributed by atoms with Gasteiger partial charge in [0.25, 0.3) is 11.8 Å². The quantitative estimate of drug-likeness (QED) is 0.791. The molecule has 2 fully saturated rings. The molecule has 6 nitrogen and oxygen atoms in total. The highest BCUT2D eigenvalue weighted by atomic mass is 16.2. The van der Waals surface area contributed by atoms with Crippen LogP contribution in [-0.2, 0) is 4.79 Å². The minimum absolute atomic E-state index is 0.0881. The lowest BCUT2D eigenvalue weighted by Gasteiger charge is -2.17. The van der Waals surface area contributed by atoms with Gasteiger partial charge in [-0.3, -0.25) is 19.3 Å². The fourth-order valence-corrected chi connectivity index (χ4v) is 3.74. The number of rotatable bonds is 6. The van der Waals surface area contributed by atoms with Crippen molar-refractivity contribution in [2.24, 2.45) is 5.92 Å². The molecule has 1 N–H and O–H groups in total. The summed E-state index contributed by atoms with van der Waals surface area (Å²) >= 11 is 0. The number of likely N-dealkylation sites (tertiary alicyclic amines) is 1. The van der Waals surface area contributed by atoms with Gasteiger partial charge in [0, 0.05) is 38.6 Å². The summed E-state index contributed by atoms with van der Waals surface area (Å²) in [6.07, 6.45) is 3.82. The third kappa shape index (κ3) is 3.44. The van der Waals surface area contributed by atoms with Gasteiger partial charge in [0.15, 0.2) is 0 Å². The molecule has 1 saturated carbocycles. The number of fused-ring (bicyclic) bond motifs is 1. The van der Waals surface area contributed by atoms with Crippen LogP contribution in [0.5, 0.6) is 0 Å². The highest BCUT2D eigenvalue weighted by Crippen LogP contribution is 2.30. The molecule has 0 unspecified atom stereocenters. The summed E-state index contributed by atoms with van der Waals surface area (Å²) in [5.74, 6) is 0.174. The average molecular weight is 341 g/mol. The molecule has 132 valence electrons. The summed E-state index contributed by atoms with van der Waals surface area (Å²) in [5, 5.41) is 3.05. The monoisotopic (exact) mass is 341 g/mol. The summed E-state index contributed by atoms with van der Waals surface area (Å²) in [7, 11) is 0. The molecule has 1 aromatic rings. The Morgan fingerprint density at radius 3 is 2.40 bits per heavy atom. The molecular formula is C19H23N3O3. The zero-order valence-electron chi connectivity index (χ0n) is 14.2. The largest absolute Gasteiger partial charge is 0.352 e. The molecule has 0 radical (unpaired) electrons. The number of nitrogens with one attached hydrogen (secondary N) is 1. The molecule has 1 aliphatic carbocycles. The molecule has 4 rings (SSSR count). The molecule has 3 amide bonds. The van der Waals surface area contributed by atoms with E-state index in [0.29, 0.717) is 11.1 Å². The van der Waals surface area contributed by atoms with Gasteiger partial charge in [0.2, 0.25) is 5.91 Å². The van der Waals surface area contributed by atoms with Crippen LogP contribution in [0.2, 0.25) is 0 Å². The number of benzene rings is 1. The number of hydrogen-bond donors (Lipinski definition) is 1. The first kappa shape index (κ1) is 16.3. The number of carbonyl (C=O) groups is 3. The van der Waals surface area contributed by atoms with Crippen molar-refractivity contribution in [2.45, 2.75) is 31.7 Å². The summed E-state index contributed by atoms with van der Waals surface area (Å²) in [4.78, 5) is 40.4. The van der Waals surface area contributed by atoms with E-state index in [4.69, 9.17) is 0 Å². The predicted molar refractivity (Wildman–Crippen MR) is 92.1 cm³/mol. The predicted octanol–water partition coefficient (Wildman–Crippen LogP) is 1.27. The molecule has 0 spiro atoms. The average Bonchev–Trinajstić information content (AvgIpc) is 3.26. The molecule has 6 heteroatoms. The van der Waals surface area contributed by atoms with Crippen molar-refractivity contribution in [1.29, 1.82) is 0 Å². The standard InChI is InChI=1S/C19H23N3O3/c23-17(20-14-7-9-21(12-14)11-13-5-6-13)8-10-22-18(24)15-3-1-2-4-16(15)19(22)25/h1-4,13-14H,5-12H2,(H,20,23)/t14-/m1/s1. The molecule has 1 atom stereocenters. The molecule has 1 saturated heterocycles. The number of carbonyl (C=O) groups excluding carboxylic acids is 3. The van der Waals surface area contributed by atoms with Gasteiger partial charge in [-0.15, -0.1) is 0 Å². The maximum absolute atomic E-state index is 12.3. The second-order valence-corrected chi connectivity index (χ2v) is 7.31. The van der Waals surface area contributed by atoms with E-state index < -0.39 is 0 Å². The van der Waals surface area contributed by atoms with E-state index in [2.05, 4.69) is 10.2 Å². The molecule has 2 heterocycles. The lowest BCUT2D eigenvalue weighted by molar-refractivity contribution is -0.121. The number of hydrogen-bond acceptors (Lipinski definition) is 4. The first-order chi connectivity index (χ1) is 12.1. The van der Waals surface area contributed by atoms with Gasteiger partial charge >= 0.3 is 0 Å². The zero-order valence-corrected chi connectivity index (χ0v) is 14.2. The Kier molecular flexibility index (Phi) is 4.29. The summed E-state index contributed by atoms with van der Waals surface area (Å²) in [6, 6.07) is 6.99. The van der Waals surface area contributed by atoms with Gasteiger partial charge in [0.1, 0.15) is 0 Å². The van der Waals surface area contributed by atoms with Crippen LogP contribution in [0.3, 0.4) is 0 Å². The number of amides is 3. The van der Waals surface area contributed by atoms with Crippen molar-refractivity contribution in [3.63, 3.8) is 0 Å². The first-order valence-electron chi connectivity index (χ1n) is 9.09. The van der Waals surface area contributed by atoms with Gasteiger partial charge in [-0.2, -0.15) is 0 Å². The maximum atomic E-state index is 12.3. The van der Waals surface area contributed by atoms with Crippen molar-refractivity contribution in [1.82, 2.24) is 15.1 Å². The lowest BCUT2D eigenvalue weighted by atomic mass is 10.1. The minimum Gasteiger partial charge on any atom is -0.352 e. The molecule has 3 aliphatic rings. The van der Waals surface area contributed by atoms with Gasteiger partial charge in [-0.1, -0.05) is 12.1 Å². The maximum Gasteiger partial charge on any atom is 0.261 e. The van der Waals surface area contributed by atoms with Crippen molar-refractivity contribution in [3.8, 4) is 0 Å². The van der Waals surface area contributed by atoms with E-state index in [1.165, 1.54) is 17.7 Å². The van der Waals surface area contributed by atoms with Gasteiger partial charge in [-0.25, -0.2) is 0 Å². The Balaban J connectivity index is 1.25. The van der Waals surface area contributed by atoms with Crippen molar-refractivity contribution in [2.75, 3.05) is 26.2 Å². The molecule has 1 aromatic carbocycles. The van der Waals surface area contributed by atoms with Gasteiger partial charge < -0.3 is 10.2 Å². The lowest BCUT2D eigenvalue weighted by Crippen LogP contribution is -2.40. The summed E-state index contributed by atoms with van der Waals surface area (Å²) < 4.78 is 0. The van der Waals surface area contributed by atoms with Gasteiger partial charge in [0.05, 0.1) is 11.1 Å². The second kappa shape index (κ2) is 6.59. The van der Waals surface area contributed by atoms with Crippen LogP contribution in [0.25, 0.3) is 0 Å². The van der Waals surface area contributed by atoms with E-state index in [1.54, 1.807) is 24.3 Å². The normalized spacial score (nSPS) is 23.2. The Morgan fingerprint density at radius 1 is 1.08 bits per heavy atom. The smallest absolute Gasteiger partial charge is 0.261 e. The van der Waals surface area contributed by atoms with E-state index >= 15 is 0 Å². The fourth-order valence-electron chi connectivity index (χ4n) is 3.74. The van der Waals surface area contributed by atoms with Gasteiger partial charge in [-0.05, 0) is 37.3 Å². The van der Waals surface area contributed by atoms with Crippen LogP contribution in [0.4, 0.5) is 0 Å². The van der Waals surface area contributed by atoms with Crippen molar-refractivity contribution >= 4 is 17.7 Å². The summed E-state index contributed by atoms with van der Waals surface area (Å²) in [5.41, 5.74) is 0.860. The second-order valence-electron chi connectivity index (χ2n) is 7.31. The highest BCUT2D eigenvalue weighted by Gasteiger charge is 2.35. The minimum atomic E-state index is -0.301. The van der Waals surface area contributed by atoms with Crippen molar-refractivity contribution in [3.05, 3.63) is 35.4 Å². The molecule has 0 aromatic heterocycles. The molecular weight excluding hydrogens is 318 g/mol. The zero-order chi connectivity index (χ0) is 17.4. The van der Waals surface area contributed by atoms with Crippen LogP contribution >= 0.6 is 0 Å². The topological polar surface area (TPSA) is 69.7 Å². The Morgan fingerprint density at radius 2 is 1.76 bits per heavy atom. The molecule has 2 aliphatic heterocycles. The van der Waals surface area contributed by atoms with E-state index in [1.807, 2.05) is 0 Å². The van der Waals surface area contributed by atoms with E-state index in [-0.39, 0.29) is 36.7 Å². The van der Waals surface area contributed by atoms with Crippen molar-refractivity contribution < 1.29 is 14.4 Å². The fraction of sp³-hybridized carbons (Fsp3) is 0.526. The van der Waals surface area contributed by atoms with Crippen LogP contribution < -0.4 is 5.32 Å². The van der Waals surface area contributed by atoms with E-state index in [9.17, 15) is 14.4 Å². The Hall–Kier alpha value is -2.21. The SMILES string of the molecule is O=C(CCN1C(=O)c2ccccc2C1=O)N[C@@H]1CCN(CC2CC2)C1. The first-order valence-corrected chi connectivity index (χ1v) is 9.09. The number of nitrogens with zero attached hydrogens (tertiary/aromatic N) is 2. The van der Waals surface area contributed by atoms with E-state index in [0.717, 1.165) is 32.0 Å². The Bertz CT molecular complexity index is 679. The molecule has 25 heavy (non-hydrogen) atoms. The van der Waals surface area contributed by atoms with Crippen LogP contribution in [0.1, 0.15) is 46.4 Å². The Labute approximate surface area is 147 Å². The van der Waals surface area contributed by atoms with Crippen LogP contribution in [0.15, 0.2) is 24.3 Å². The van der Waals surface area contributed by atoms with Crippen LogP contribution in [-0.4, -0.2) is 59.7 Å².